The molecule has 0 saturated carbocycles. The molecule has 1 amide bonds. The molecule has 1 atom stereocenters. The van der Waals surface area contributed by atoms with Crippen LogP contribution in [0.5, 0.6) is 0 Å². The lowest BCUT2D eigenvalue weighted by molar-refractivity contribution is -0.118. The van der Waals surface area contributed by atoms with Crippen molar-refractivity contribution in [2.75, 3.05) is 11.9 Å². The minimum absolute atomic E-state index is 0.0608. The standard InChI is InChI=1S/C31H34FN5O2/c1-30(2,3)17-34-29(39)27-26-22(25-23(35-28(26)37-36-27)14-31(4,5)15-24(25)38)12-11-21-10-9-19(16-33-21)18-7-6-8-20(32)13-18/h6-13,16,22H,14-15,17H2,1-5H3,(H,34,39)(H2,35,36,37)/b12-11+. The van der Waals surface area contributed by atoms with E-state index in [1.165, 1.54) is 12.1 Å². The van der Waals surface area contributed by atoms with Gasteiger partial charge in [-0.3, -0.25) is 19.7 Å². The summed E-state index contributed by atoms with van der Waals surface area (Å²) in [6, 6.07) is 10.1. The molecule has 2 aliphatic rings. The number of Topliss-reactive ketones (excluding diaryl/α,β-unsaturated/α-hetero) is 1. The zero-order chi connectivity index (χ0) is 27.9. The second kappa shape index (κ2) is 9.91. The molecule has 0 radical (unpaired) electrons. The Morgan fingerprint density at radius 1 is 1.18 bits per heavy atom. The van der Waals surface area contributed by atoms with Crippen molar-refractivity contribution in [1.82, 2.24) is 20.5 Å². The van der Waals surface area contributed by atoms with E-state index in [1.54, 1.807) is 12.3 Å². The van der Waals surface area contributed by atoms with Gasteiger partial charge in [-0.05, 0) is 47.1 Å². The number of pyridine rings is 1. The Balaban J connectivity index is 1.50. The number of nitrogens with one attached hydrogen (secondary N) is 3. The Morgan fingerprint density at radius 3 is 2.67 bits per heavy atom. The maximum Gasteiger partial charge on any atom is 0.272 e. The summed E-state index contributed by atoms with van der Waals surface area (Å²) in [5, 5.41) is 13.7. The molecule has 3 N–H and O–H groups in total. The van der Waals surface area contributed by atoms with Crippen molar-refractivity contribution in [3.63, 3.8) is 0 Å². The Labute approximate surface area is 228 Å². The molecular formula is C31H34FN5O2. The Hall–Kier alpha value is -4.07. The van der Waals surface area contributed by atoms with Crippen LogP contribution in [0.15, 0.2) is 59.9 Å². The lowest BCUT2D eigenvalue weighted by Crippen LogP contribution is -2.35. The van der Waals surface area contributed by atoms with E-state index in [-0.39, 0.29) is 34.0 Å². The molecule has 1 aliphatic carbocycles. The third-order valence-electron chi connectivity index (χ3n) is 7.02. The highest BCUT2D eigenvalue weighted by molar-refractivity contribution is 6.03. The number of nitrogens with zero attached hydrogens (tertiary/aromatic N) is 2. The number of hydrogen-bond donors (Lipinski definition) is 3. The topological polar surface area (TPSA) is 99.8 Å². The van der Waals surface area contributed by atoms with Gasteiger partial charge in [-0.1, -0.05) is 58.9 Å². The van der Waals surface area contributed by atoms with Gasteiger partial charge in [-0.25, -0.2) is 4.39 Å². The first-order chi connectivity index (χ1) is 18.4. The Bertz CT molecular complexity index is 1490. The van der Waals surface area contributed by atoms with Gasteiger partial charge in [0.2, 0.25) is 0 Å². The number of hydrogen-bond acceptors (Lipinski definition) is 5. The van der Waals surface area contributed by atoms with E-state index in [0.29, 0.717) is 42.0 Å². The van der Waals surface area contributed by atoms with Gasteiger partial charge in [0, 0.05) is 47.5 Å². The molecular weight excluding hydrogens is 493 g/mol. The zero-order valence-electron chi connectivity index (χ0n) is 23.0. The van der Waals surface area contributed by atoms with Crippen molar-refractivity contribution in [1.29, 1.82) is 0 Å². The first-order valence-corrected chi connectivity index (χ1v) is 13.2. The number of carbonyl (C=O) groups is 2. The third kappa shape index (κ3) is 5.70. The van der Waals surface area contributed by atoms with Crippen LogP contribution in [0.2, 0.25) is 0 Å². The summed E-state index contributed by atoms with van der Waals surface area (Å²) in [5.41, 5.74) is 4.43. The van der Waals surface area contributed by atoms with Gasteiger partial charge in [-0.15, -0.1) is 0 Å². The maximum absolute atomic E-state index is 13.7. The number of allylic oxidation sites excluding steroid dienone is 3. The number of halogens is 1. The third-order valence-corrected chi connectivity index (χ3v) is 7.02. The molecule has 39 heavy (non-hydrogen) atoms. The fourth-order valence-electron chi connectivity index (χ4n) is 5.18. The SMILES string of the molecule is CC(C)(C)CNC(=O)c1n[nH]c2c1C(/C=C/c1ccc(-c3cccc(F)c3)cn1)C1=C(CC(C)(C)CC1=O)N2. The number of amides is 1. The van der Waals surface area contributed by atoms with Crippen molar-refractivity contribution >= 4 is 23.6 Å². The summed E-state index contributed by atoms with van der Waals surface area (Å²) in [7, 11) is 0. The molecule has 0 spiro atoms. The Kier molecular flexibility index (Phi) is 6.74. The van der Waals surface area contributed by atoms with Crippen molar-refractivity contribution in [3.8, 4) is 11.1 Å². The summed E-state index contributed by atoms with van der Waals surface area (Å²) in [4.78, 5) is 31.2. The van der Waals surface area contributed by atoms with E-state index >= 15 is 0 Å². The first kappa shape index (κ1) is 26.5. The minimum atomic E-state index is -0.460. The van der Waals surface area contributed by atoms with E-state index in [0.717, 1.165) is 16.8 Å². The van der Waals surface area contributed by atoms with Gasteiger partial charge in [0.25, 0.3) is 5.91 Å². The lowest BCUT2D eigenvalue weighted by atomic mass is 9.70. The molecule has 7 nitrogen and oxygen atoms in total. The predicted molar refractivity (Wildman–Crippen MR) is 150 cm³/mol. The number of H-pyrrole nitrogens is 1. The minimum Gasteiger partial charge on any atom is -0.350 e. The van der Waals surface area contributed by atoms with E-state index in [2.05, 4.69) is 39.7 Å². The molecule has 0 fully saturated rings. The number of benzene rings is 1. The van der Waals surface area contributed by atoms with Crippen LogP contribution in [-0.4, -0.2) is 33.4 Å². The number of rotatable bonds is 5. The maximum atomic E-state index is 13.7. The summed E-state index contributed by atoms with van der Waals surface area (Å²) in [5.74, 6) is -0.355. The number of carbonyl (C=O) groups excluding carboxylic acids is 2. The van der Waals surface area contributed by atoms with E-state index < -0.39 is 5.92 Å². The van der Waals surface area contributed by atoms with Gasteiger partial charge in [0.05, 0.1) is 5.69 Å². The van der Waals surface area contributed by atoms with Crippen LogP contribution >= 0.6 is 0 Å². The number of aromatic amines is 1. The van der Waals surface area contributed by atoms with Gasteiger partial charge in [0.1, 0.15) is 11.6 Å². The lowest BCUT2D eigenvalue weighted by Gasteiger charge is -2.37. The fourth-order valence-corrected chi connectivity index (χ4v) is 5.18. The molecule has 1 aromatic carbocycles. The van der Waals surface area contributed by atoms with E-state index in [4.69, 9.17) is 0 Å². The zero-order valence-corrected chi connectivity index (χ0v) is 23.0. The van der Waals surface area contributed by atoms with Gasteiger partial charge >= 0.3 is 0 Å². The summed E-state index contributed by atoms with van der Waals surface area (Å²) in [6.07, 6.45) is 6.62. The van der Waals surface area contributed by atoms with Crippen LogP contribution in [0.1, 0.15) is 75.1 Å². The second-order valence-corrected chi connectivity index (χ2v) is 12.4. The largest absolute Gasteiger partial charge is 0.350 e. The van der Waals surface area contributed by atoms with Crippen LogP contribution in [-0.2, 0) is 4.79 Å². The van der Waals surface area contributed by atoms with Gasteiger partial charge in [0.15, 0.2) is 11.5 Å². The molecule has 3 aromatic rings. The molecule has 1 unspecified atom stereocenters. The fraction of sp³-hybridized carbons (Fsp3) is 0.355. The summed E-state index contributed by atoms with van der Waals surface area (Å²) in [6.45, 7) is 10.8. The first-order valence-electron chi connectivity index (χ1n) is 13.2. The monoisotopic (exact) mass is 527 g/mol. The van der Waals surface area contributed by atoms with Crippen LogP contribution in [0.3, 0.4) is 0 Å². The number of anilines is 1. The quantitative estimate of drug-likeness (QED) is 0.364. The number of ketones is 1. The highest BCUT2D eigenvalue weighted by atomic mass is 19.1. The molecule has 5 rings (SSSR count). The average molecular weight is 528 g/mol. The number of aromatic nitrogens is 3. The predicted octanol–water partition coefficient (Wildman–Crippen LogP) is 6.25. The number of fused-ring (bicyclic) bond motifs is 1. The van der Waals surface area contributed by atoms with Gasteiger partial charge < -0.3 is 10.6 Å². The highest BCUT2D eigenvalue weighted by Gasteiger charge is 2.42. The van der Waals surface area contributed by atoms with E-state index in [1.807, 2.05) is 51.1 Å². The molecule has 2 aromatic heterocycles. The second-order valence-electron chi connectivity index (χ2n) is 12.4. The van der Waals surface area contributed by atoms with Crippen LogP contribution < -0.4 is 10.6 Å². The molecule has 1 aliphatic heterocycles. The van der Waals surface area contributed by atoms with Gasteiger partial charge in [-0.2, -0.15) is 5.10 Å². The molecule has 3 heterocycles. The van der Waals surface area contributed by atoms with Crippen LogP contribution in [0.4, 0.5) is 10.2 Å². The van der Waals surface area contributed by atoms with Crippen molar-refractivity contribution in [2.24, 2.45) is 10.8 Å². The summed E-state index contributed by atoms with van der Waals surface area (Å²) < 4.78 is 13.7. The van der Waals surface area contributed by atoms with Crippen LogP contribution in [0, 0.1) is 16.6 Å². The molecule has 8 heteroatoms. The summed E-state index contributed by atoms with van der Waals surface area (Å²) >= 11 is 0. The van der Waals surface area contributed by atoms with Crippen LogP contribution in [0.25, 0.3) is 17.2 Å². The smallest absolute Gasteiger partial charge is 0.272 e. The van der Waals surface area contributed by atoms with Crippen molar-refractivity contribution < 1.29 is 14.0 Å². The highest BCUT2D eigenvalue weighted by Crippen LogP contribution is 2.47. The van der Waals surface area contributed by atoms with Crippen molar-refractivity contribution in [3.05, 3.63) is 82.7 Å². The average Bonchev–Trinajstić information content (AvgIpc) is 3.28. The molecule has 0 bridgehead atoms. The van der Waals surface area contributed by atoms with Crippen molar-refractivity contribution in [2.45, 2.75) is 53.4 Å². The Morgan fingerprint density at radius 2 is 1.97 bits per heavy atom. The normalized spacial score (nSPS) is 18.5. The molecule has 0 saturated heterocycles. The van der Waals surface area contributed by atoms with E-state index in [9.17, 15) is 14.0 Å². The molecule has 202 valence electrons.